The SMILES string of the molecule is CCCCCCCC/C=C\CCCCCCCC(=O)O.CCCCCCCC/C=C\CCCCCCCC(=O)OCC.CCCCCCCCCCCCCCCC(=O)O.CCCCCCCCCCCCCCCC(=O)OCC.CCCCCCCCCCCCCCCCCC(=O)O.CCCCCCCCCCCCCCCCCC(=O)OCC. The molecule has 0 bridgehead atoms. The first-order chi connectivity index (χ1) is 59.7. The zero-order chi connectivity index (χ0) is 90.8. The number of aliphatic carboxylic acids is 3. The van der Waals surface area contributed by atoms with E-state index in [2.05, 4.69) is 65.8 Å². The maximum Gasteiger partial charge on any atom is 0.305 e. The summed E-state index contributed by atoms with van der Waals surface area (Å²) in [5.41, 5.74) is 0. The van der Waals surface area contributed by atoms with Crippen LogP contribution in [0.5, 0.6) is 0 Å². The number of rotatable bonds is 93. The molecule has 0 unspecified atom stereocenters. The zero-order valence-electron chi connectivity index (χ0n) is 83.7. The molecule has 0 heterocycles. The average Bonchev–Trinajstić information content (AvgIpc) is 1.08. The van der Waals surface area contributed by atoms with Crippen LogP contribution in [0.15, 0.2) is 24.3 Å². The largest absolute Gasteiger partial charge is 0.481 e. The van der Waals surface area contributed by atoms with Crippen LogP contribution in [-0.2, 0) is 43.0 Å². The summed E-state index contributed by atoms with van der Waals surface area (Å²) >= 11 is 0. The lowest BCUT2D eigenvalue weighted by Crippen LogP contribution is -2.03. The molecule has 0 fully saturated rings. The Balaban J connectivity index is -0.000000331. The summed E-state index contributed by atoms with van der Waals surface area (Å²) in [6.45, 7) is 20.7. The number of allylic oxidation sites excluding steroid dienone is 4. The van der Waals surface area contributed by atoms with E-state index < -0.39 is 17.9 Å². The molecule has 0 aromatic carbocycles. The molecule has 0 saturated carbocycles. The highest BCUT2D eigenvalue weighted by Crippen LogP contribution is 2.20. The molecule has 12 heteroatoms. The van der Waals surface area contributed by atoms with Gasteiger partial charge in [-0.2, -0.15) is 0 Å². The summed E-state index contributed by atoms with van der Waals surface area (Å²) < 4.78 is 14.7. The fraction of sp³-hybridized carbons (Fsp3) is 0.909. The van der Waals surface area contributed by atoms with E-state index in [4.69, 9.17) is 29.5 Å². The Morgan fingerprint density at radius 3 is 0.377 bits per heavy atom. The van der Waals surface area contributed by atoms with Crippen LogP contribution in [0.3, 0.4) is 0 Å². The summed E-state index contributed by atoms with van der Waals surface area (Å²) in [5, 5.41) is 25.5. The molecule has 0 spiro atoms. The van der Waals surface area contributed by atoms with E-state index in [-0.39, 0.29) is 17.9 Å². The predicted octanol–water partition coefficient (Wildman–Crippen LogP) is 37.4. The van der Waals surface area contributed by atoms with Crippen LogP contribution in [0.4, 0.5) is 0 Å². The molecule has 0 aliphatic rings. The third-order valence-corrected chi connectivity index (χ3v) is 23.2. The number of unbranched alkanes of at least 4 members (excludes halogenated alkanes) is 74. The van der Waals surface area contributed by atoms with Gasteiger partial charge in [0.25, 0.3) is 0 Å². The Morgan fingerprint density at radius 2 is 0.262 bits per heavy atom. The minimum absolute atomic E-state index is 0.0304. The van der Waals surface area contributed by atoms with E-state index in [1.54, 1.807) is 0 Å². The molecule has 0 rings (SSSR count). The van der Waals surface area contributed by atoms with E-state index in [0.717, 1.165) is 64.2 Å². The monoisotopic (exact) mass is 1730 g/mol. The maximum absolute atomic E-state index is 11.2. The van der Waals surface area contributed by atoms with Crippen LogP contribution < -0.4 is 0 Å². The first-order valence-corrected chi connectivity index (χ1v) is 54.2. The molecule has 0 atom stereocenters. The van der Waals surface area contributed by atoms with Crippen LogP contribution in [0.1, 0.15) is 627 Å². The van der Waals surface area contributed by atoms with Crippen molar-refractivity contribution in [3.05, 3.63) is 24.3 Å². The van der Waals surface area contributed by atoms with Crippen LogP contribution in [0.25, 0.3) is 0 Å². The topological polar surface area (TPSA) is 191 Å². The van der Waals surface area contributed by atoms with Crippen molar-refractivity contribution in [3.63, 3.8) is 0 Å². The number of esters is 3. The second kappa shape index (κ2) is 126. The lowest BCUT2D eigenvalue weighted by atomic mass is 10.0. The Bertz CT molecular complexity index is 2020. The first-order valence-electron chi connectivity index (χ1n) is 54.2. The second-order valence-electron chi connectivity index (χ2n) is 35.6. The van der Waals surface area contributed by atoms with Crippen molar-refractivity contribution < 1.29 is 58.3 Å². The Labute approximate surface area is 761 Å². The van der Waals surface area contributed by atoms with Crippen LogP contribution >= 0.6 is 0 Å². The predicted molar refractivity (Wildman–Crippen MR) is 531 cm³/mol. The standard InChI is InChI=1S/C20H40O2.C20H38O2.2C18H36O2.C18H34O2.C16H32O2/c2*1-3-5-6-7-8-9-10-11-12-13-14-15-16-17-18-19-20(21)22-4-2;1-3-5-6-7-8-9-10-11-12-13-14-15-16-17-18(19)20-4-2;2*1-2-3-4-5-6-7-8-9-10-11-12-13-14-15-16-17-18(19)20;1-2-3-4-5-6-7-8-9-10-11-12-13-14-15-16(17)18/h3-19H2,1-2H3;11-12H,3-10,13-19H2,1-2H3;3-17H2,1-2H3;2-17H2,1H3,(H,19,20);9-10H,2-8,11-17H2,1H3,(H,19,20);2-15H2,1H3,(H,17,18)/b;12-11-;;;10-9-;. The lowest BCUT2D eigenvalue weighted by molar-refractivity contribution is -0.144. The summed E-state index contributed by atoms with van der Waals surface area (Å²) in [6, 6.07) is 0. The van der Waals surface area contributed by atoms with Gasteiger partial charge in [-0.25, -0.2) is 0 Å². The van der Waals surface area contributed by atoms with Gasteiger partial charge in [-0.1, -0.05) is 502 Å². The third-order valence-electron chi connectivity index (χ3n) is 23.2. The Kier molecular flexibility index (Phi) is 133. The van der Waals surface area contributed by atoms with Crippen molar-refractivity contribution in [2.24, 2.45) is 0 Å². The van der Waals surface area contributed by atoms with E-state index >= 15 is 0 Å². The average molecular weight is 1730 g/mol. The molecule has 0 saturated heterocycles. The van der Waals surface area contributed by atoms with Crippen molar-refractivity contribution in [3.8, 4) is 0 Å². The summed E-state index contributed by atoms with van der Waals surface area (Å²) in [5.74, 6) is -2.08. The van der Waals surface area contributed by atoms with Gasteiger partial charge in [0.15, 0.2) is 0 Å². The molecule has 0 amide bonds. The lowest BCUT2D eigenvalue weighted by Gasteiger charge is -2.03. The number of hydrogen-bond donors (Lipinski definition) is 3. The molecule has 12 nitrogen and oxygen atoms in total. The maximum atomic E-state index is 11.2. The number of carboxylic acids is 3. The Hall–Kier alpha value is -3.70. The van der Waals surface area contributed by atoms with Gasteiger partial charge < -0.3 is 29.5 Å². The quantitative estimate of drug-likeness (QED) is 0.0226. The fourth-order valence-corrected chi connectivity index (χ4v) is 15.3. The smallest absolute Gasteiger partial charge is 0.305 e. The van der Waals surface area contributed by atoms with Gasteiger partial charge in [0.05, 0.1) is 19.8 Å². The molecule has 0 aromatic rings. The highest BCUT2D eigenvalue weighted by molar-refractivity contribution is 5.70. The number of carbonyl (C=O) groups is 6. The number of carboxylic acid groups (broad SMARTS) is 3. The van der Waals surface area contributed by atoms with Crippen molar-refractivity contribution >= 4 is 35.8 Å². The van der Waals surface area contributed by atoms with Gasteiger partial charge in [-0.15, -0.1) is 0 Å². The highest BCUT2D eigenvalue weighted by Gasteiger charge is 2.06. The minimum atomic E-state index is -0.664. The molecule has 3 N–H and O–H groups in total. The van der Waals surface area contributed by atoms with E-state index in [0.29, 0.717) is 58.3 Å². The van der Waals surface area contributed by atoms with Crippen molar-refractivity contribution in [2.45, 2.75) is 627 Å². The molecule has 0 radical (unpaired) electrons. The van der Waals surface area contributed by atoms with Gasteiger partial charge in [-0.05, 0) is 111 Å². The Morgan fingerprint density at radius 1 is 0.156 bits per heavy atom. The molecule has 122 heavy (non-hydrogen) atoms. The van der Waals surface area contributed by atoms with Gasteiger partial charge in [0, 0.05) is 38.5 Å². The second-order valence-corrected chi connectivity index (χ2v) is 35.6. The van der Waals surface area contributed by atoms with Gasteiger partial charge >= 0.3 is 35.8 Å². The van der Waals surface area contributed by atoms with E-state index in [1.807, 2.05) is 20.8 Å². The van der Waals surface area contributed by atoms with Gasteiger partial charge in [-0.3, -0.25) is 28.8 Å². The molecule has 0 aliphatic heterocycles. The molecule has 728 valence electrons. The highest BCUT2D eigenvalue weighted by atomic mass is 16.5. The molecule has 0 aromatic heterocycles. The summed E-state index contributed by atoms with van der Waals surface area (Å²) in [6.07, 6.45) is 120. The van der Waals surface area contributed by atoms with Gasteiger partial charge in [0.1, 0.15) is 0 Å². The minimum Gasteiger partial charge on any atom is -0.481 e. The summed E-state index contributed by atoms with van der Waals surface area (Å²) in [4.78, 5) is 64.4. The first kappa shape index (κ1) is 129. The number of carbonyl (C=O) groups excluding carboxylic acids is 3. The zero-order valence-corrected chi connectivity index (χ0v) is 83.7. The number of ether oxygens (including phenoxy) is 3. The van der Waals surface area contributed by atoms with Gasteiger partial charge in [0.2, 0.25) is 0 Å². The van der Waals surface area contributed by atoms with Crippen molar-refractivity contribution in [1.29, 1.82) is 0 Å². The van der Waals surface area contributed by atoms with E-state index in [1.165, 1.54) is 462 Å². The number of hydrogen-bond acceptors (Lipinski definition) is 9. The molecular formula is C110H216O12. The fourth-order valence-electron chi connectivity index (χ4n) is 15.3. The third kappa shape index (κ3) is 145. The summed E-state index contributed by atoms with van der Waals surface area (Å²) in [7, 11) is 0. The van der Waals surface area contributed by atoms with E-state index in [9.17, 15) is 28.8 Å². The molecular weight excluding hydrogens is 1510 g/mol. The van der Waals surface area contributed by atoms with Crippen molar-refractivity contribution in [1.82, 2.24) is 0 Å². The normalized spacial score (nSPS) is 10.9. The van der Waals surface area contributed by atoms with Crippen LogP contribution in [0, 0.1) is 0 Å². The van der Waals surface area contributed by atoms with Crippen LogP contribution in [0.2, 0.25) is 0 Å². The van der Waals surface area contributed by atoms with Crippen molar-refractivity contribution in [2.75, 3.05) is 19.8 Å². The van der Waals surface area contributed by atoms with Crippen LogP contribution in [-0.4, -0.2) is 71.0 Å². The molecule has 0 aliphatic carbocycles.